The fourth-order valence-electron chi connectivity index (χ4n) is 1.75. The molecule has 0 aromatic carbocycles. The van der Waals surface area contributed by atoms with E-state index in [4.69, 9.17) is 0 Å². The summed E-state index contributed by atoms with van der Waals surface area (Å²) in [7, 11) is 1.75. The van der Waals surface area contributed by atoms with Crippen molar-refractivity contribution < 1.29 is 4.79 Å². The van der Waals surface area contributed by atoms with Crippen molar-refractivity contribution in [3.63, 3.8) is 0 Å². The number of rotatable bonds is 5. The summed E-state index contributed by atoms with van der Waals surface area (Å²) in [5, 5.41) is 5.79. The van der Waals surface area contributed by atoms with E-state index in [9.17, 15) is 4.79 Å². The van der Waals surface area contributed by atoms with Gasteiger partial charge in [0.15, 0.2) is 0 Å². The monoisotopic (exact) mass is 256 g/mol. The van der Waals surface area contributed by atoms with Crippen LogP contribution in [0.2, 0.25) is 0 Å². The van der Waals surface area contributed by atoms with Crippen molar-refractivity contribution in [2.75, 3.05) is 18.9 Å². The van der Waals surface area contributed by atoms with Gasteiger partial charge >= 0.3 is 0 Å². The van der Waals surface area contributed by atoms with Crippen molar-refractivity contribution in [2.45, 2.75) is 6.42 Å². The van der Waals surface area contributed by atoms with Crippen LogP contribution in [0, 0.1) is 0 Å². The average Bonchev–Trinajstić information content (AvgIpc) is 2.48. The van der Waals surface area contributed by atoms with Crippen LogP contribution in [-0.2, 0) is 6.42 Å². The molecule has 0 fully saturated rings. The van der Waals surface area contributed by atoms with Gasteiger partial charge in [0, 0.05) is 32.2 Å². The lowest BCUT2D eigenvalue weighted by molar-refractivity contribution is 0.0954. The van der Waals surface area contributed by atoms with Gasteiger partial charge in [0.2, 0.25) is 0 Å². The minimum absolute atomic E-state index is 0.119. The fraction of sp³-hybridized carbons (Fsp3) is 0.214. The molecule has 0 aliphatic rings. The largest absolute Gasteiger partial charge is 0.372 e. The van der Waals surface area contributed by atoms with Crippen LogP contribution in [0.25, 0.3) is 0 Å². The predicted molar refractivity (Wildman–Crippen MR) is 74.1 cm³/mol. The lowest BCUT2D eigenvalue weighted by Crippen LogP contribution is -2.26. The van der Waals surface area contributed by atoms with Crippen LogP contribution in [0.1, 0.15) is 15.9 Å². The second-order valence-electron chi connectivity index (χ2n) is 4.01. The van der Waals surface area contributed by atoms with E-state index >= 15 is 0 Å². The van der Waals surface area contributed by atoms with E-state index in [-0.39, 0.29) is 5.91 Å². The second-order valence-corrected chi connectivity index (χ2v) is 4.01. The maximum absolute atomic E-state index is 12.0. The number of hydrogen-bond donors (Lipinski definition) is 2. The molecule has 0 aliphatic heterocycles. The lowest BCUT2D eigenvalue weighted by Gasteiger charge is -2.08. The lowest BCUT2D eigenvalue weighted by atomic mass is 10.2. The van der Waals surface area contributed by atoms with E-state index in [0.29, 0.717) is 17.9 Å². The van der Waals surface area contributed by atoms with Crippen molar-refractivity contribution in [1.29, 1.82) is 0 Å². The smallest absolute Gasteiger partial charge is 0.255 e. The molecule has 0 radical (unpaired) electrons. The molecular formula is C14H16N4O. The van der Waals surface area contributed by atoms with Crippen LogP contribution in [0.5, 0.6) is 0 Å². The van der Waals surface area contributed by atoms with E-state index in [1.165, 1.54) is 0 Å². The molecule has 0 saturated carbocycles. The maximum atomic E-state index is 12.0. The molecule has 98 valence electrons. The molecule has 2 aromatic heterocycles. The zero-order chi connectivity index (χ0) is 13.5. The molecular weight excluding hydrogens is 240 g/mol. The van der Waals surface area contributed by atoms with E-state index in [0.717, 1.165) is 12.0 Å². The zero-order valence-corrected chi connectivity index (χ0v) is 10.8. The third-order valence-corrected chi connectivity index (χ3v) is 2.74. The van der Waals surface area contributed by atoms with Gasteiger partial charge in [-0.1, -0.05) is 0 Å². The minimum atomic E-state index is -0.119. The van der Waals surface area contributed by atoms with Gasteiger partial charge in [0.05, 0.1) is 5.56 Å². The molecule has 0 aliphatic carbocycles. The summed E-state index contributed by atoms with van der Waals surface area (Å²) in [6.45, 7) is 0.584. The summed E-state index contributed by atoms with van der Waals surface area (Å²) >= 11 is 0. The Morgan fingerprint density at radius 1 is 1.21 bits per heavy atom. The molecule has 2 rings (SSSR count). The molecule has 2 heterocycles. The number of anilines is 1. The summed E-state index contributed by atoms with van der Waals surface area (Å²) in [5.74, 6) is 0.468. The summed E-state index contributed by atoms with van der Waals surface area (Å²) in [4.78, 5) is 20.1. The first-order valence-electron chi connectivity index (χ1n) is 6.11. The highest BCUT2D eigenvalue weighted by Crippen LogP contribution is 2.09. The Morgan fingerprint density at radius 2 is 2.00 bits per heavy atom. The van der Waals surface area contributed by atoms with E-state index in [1.807, 2.05) is 12.1 Å². The first-order valence-corrected chi connectivity index (χ1v) is 6.11. The number of hydrogen-bond acceptors (Lipinski definition) is 4. The second kappa shape index (κ2) is 6.49. The van der Waals surface area contributed by atoms with Crippen molar-refractivity contribution in [3.8, 4) is 0 Å². The van der Waals surface area contributed by atoms with E-state index in [2.05, 4.69) is 20.6 Å². The fourth-order valence-corrected chi connectivity index (χ4v) is 1.75. The molecule has 2 N–H and O–H groups in total. The van der Waals surface area contributed by atoms with Crippen molar-refractivity contribution >= 4 is 11.7 Å². The first kappa shape index (κ1) is 13.0. The molecule has 0 unspecified atom stereocenters. The van der Waals surface area contributed by atoms with Crippen molar-refractivity contribution in [3.05, 3.63) is 54.0 Å². The van der Waals surface area contributed by atoms with Gasteiger partial charge in [-0.2, -0.15) is 0 Å². The molecule has 2 aromatic rings. The van der Waals surface area contributed by atoms with Gasteiger partial charge in [0.25, 0.3) is 5.91 Å². The number of nitrogens with zero attached hydrogens (tertiary/aromatic N) is 2. The number of pyridine rings is 2. The minimum Gasteiger partial charge on any atom is -0.372 e. The number of amides is 1. The van der Waals surface area contributed by atoms with Gasteiger partial charge in [-0.3, -0.25) is 9.78 Å². The Balaban J connectivity index is 1.91. The summed E-state index contributed by atoms with van der Waals surface area (Å²) in [5.41, 5.74) is 1.70. The van der Waals surface area contributed by atoms with Crippen LogP contribution in [0.15, 0.2) is 42.9 Å². The molecule has 5 nitrogen and oxygen atoms in total. The summed E-state index contributed by atoms with van der Waals surface area (Å²) < 4.78 is 0. The quantitative estimate of drug-likeness (QED) is 0.850. The first-order chi connectivity index (χ1) is 9.31. The van der Waals surface area contributed by atoms with Crippen LogP contribution >= 0.6 is 0 Å². The standard InChI is InChI=1S/C14H16N4O/c1-15-13-12(3-2-7-17-13)14(19)18-10-6-11-4-8-16-9-5-11/h2-5,7-9H,6,10H2,1H3,(H,15,17)(H,18,19). The van der Waals surface area contributed by atoms with Gasteiger partial charge in [0.1, 0.15) is 5.82 Å². The van der Waals surface area contributed by atoms with Gasteiger partial charge in [-0.25, -0.2) is 4.98 Å². The molecule has 0 spiro atoms. The number of aromatic nitrogens is 2. The number of nitrogens with one attached hydrogen (secondary N) is 2. The molecule has 1 amide bonds. The maximum Gasteiger partial charge on any atom is 0.255 e. The van der Waals surface area contributed by atoms with E-state index < -0.39 is 0 Å². The Morgan fingerprint density at radius 3 is 2.74 bits per heavy atom. The SMILES string of the molecule is CNc1ncccc1C(=O)NCCc1ccncc1. The highest BCUT2D eigenvalue weighted by Gasteiger charge is 2.10. The highest BCUT2D eigenvalue weighted by atomic mass is 16.1. The van der Waals surface area contributed by atoms with Crippen LogP contribution in [0.3, 0.4) is 0 Å². The van der Waals surface area contributed by atoms with Gasteiger partial charge in [-0.15, -0.1) is 0 Å². The Hall–Kier alpha value is -2.43. The zero-order valence-electron chi connectivity index (χ0n) is 10.8. The third-order valence-electron chi connectivity index (χ3n) is 2.74. The molecule has 0 saturated heterocycles. The average molecular weight is 256 g/mol. The van der Waals surface area contributed by atoms with Crippen LogP contribution in [-0.4, -0.2) is 29.5 Å². The number of carbonyl (C=O) groups is 1. The third kappa shape index (κ3) is 3.51. The topological polar surface area (TPSA) is 66.9 Å². The van der Waals surface area contributed by atoms with Crippen LogP contribution in [0.4, 0.5) is 5.82 Å². The summed E-state index contributed by atoms with van der Waals surface area (Å²) in [6.07, 6.45) is 5.93. The molecule has 0 bridgehead atoms. The van der Waals surface area contributed by atoms with Gasteiger partial charge in [-0.05, 0) is 36.2 Å². The Labute approximate surface area is 112 Å². The van der Waals surface area contributed by atoms with Crippen molar-refractivity contribution in [1.82, 2.24) is 15.3 Å². The van der Waals surface area contributed by atoms with Gasteiger partial charge < -0.3 is 10.6 Å². The Kier molecular flexibility index (Phi) is 4.44. The van der Waals surface area contributed by atoms with E-state index in [1.54, 1.807) is 37.8 Å². The van der Waals surface area contributed by atoms with Crippen molar-refractivity contribution in [2.24, 2.45) is 0 Å². The van der Waals surface area contributed by atoms with Crippen LogP contribution < -0.4 is 10.6 Å². The Bertz CT molecular complexity index is 542. The highest BCUT2D eigenvalue weighted by molar-refractivity contribution is 5.98. The predicted octanol–water partition coefficient (Wildman–Crippen LogP) is 1.49. The molecule has 5 heteroatoms. The molecule has 19 heavy (non-hydrogen) atoms. The number of carbonyl (C=O) groups excluding carboxylic acids is 1. The molecule has 0 atom stereocenters. The summed E-state index contributed by atoms with van der Waals surface area (Å²) in [6, 6.07) is 7.38. The normalized spacial score (nSPS) is 9.95.